The van der Waals surface area contributed by atoms with E-state index in [0.29, 0.717) is 5.69 Å². The van der Waals surface area contributed by atoms with Gasteiger partial charge in [-0.05, 0) is 18.2 Å². The van der Waals surface area contributed by atoms with Gasteiger partial charge in [0.1, 0.15) is 6.04 Å². The van der Waals surface area contributed by atoms with Crippen LogP contribution in [0.4, 0.5) is 10.5 Å². The van der Waals surface area contributed by atoms with Crippen LogP contribution in [0.3, 0.4) is 0 Å². The SMILES string of the molecule is O=C(Nc1cccc(Br)c1)N[C@H](CCO)C(=O)O. The Morgan fingerprint density at radius 1 is 1.39 bits per heavy atom. The van der Waals surface area contributed by atoms with E-state index in [2.05, 4.69) is 26.6 Å². The Hall–Kier alpha value is -1.60. The first-order chi connectivity index (χ1) is 8.52. The van der Waals surface area contributed by atoms with Crippen LogP contribution in [-0.4, -0.2) is 34.9 Å². The molecule has 4 N–H and O–H groups in total. The second-order valence-electron chi connectivity index (χ2n) is 3.51. The minimum absolute atomic E-state index is 0.0404. The monoisotopic (exact) mass is 316 g/mol. The van der Waals surface area contributed by atoms with Crippen molar-refractivity contribution in [2.75, 3.05) is 11.9 Å². The molecule has 0 aliphatic heterocycles. The van der Waals surface area contributed by atoms with E-state index in [1.165, 1.54) is 0 Å². The maximum Gasteiger partial charge on any atom is 0.326 e. The predicted molar refractivity (Wildman–Crippen MR) is 69.4 cm³/mol. The van der Waals surface area contributed by atoms with Gasteiger partial charge in [0, 0.05) is 23.2 Å². The van der Waals surface area contributed by atoms with Crippen molar-refractivity contribution in [2.24, 2.45) is 0 Å². The number of carboxylic acid groups (broad SMARTS) is 1. The summed E-state index contributed by atoms with van der Waals surface area (Å²) in [5.41, 5.74) is 0.537. The number of hydrogen-bond acceptors (Lipinski definition) is 3. The van der Waals surface area contributed by atoms with Gasteiger partial charge >= 0.3 is 12.0 Å². The number of carbonyl (C=O) groups excluding carboxylic acids is 1. The average Bonchev–Trinajstić information content (AvgIpc) is 2.28. The number of amides is 2. The third kappa shape index (κ3) is 4.72. The number of carbonyl (C=O) groups is 2. The van der Waals surface area contributed by atoms with E-state index in [1.807, 2.05) is 0 Å². The van der Waals surface area contributed by atoms with E-state index in [-0.39, 0.29) is 13.0 Å². The van der Waals surface area contributed by atoms with Crippen LogP contribution in [0, 0.1) is 0 Å². The molecule has 6 nitrogen and oxygen atoms in total. The van der Waals surface area contributed by atoms with Crippen LogP contribution in [0.15, 0.2) is 28.7 Å². The summed E-state index contributed by atoms with van der Waals surface area (Å²) in [6.07, 6.45) is -0.0404. The average molecular weight is 317 g/mol. The summed E-state index contributed by atoms with van der Waals surface area (Å²) >= 11 is 3.25. The van der Waals surface area contributed by atoms with Crippen LogP contribution in [0.1, 0.15) is 6.42 Å². The summed E-state index contributed by atoms with van der Waals surface area (Å²) in [6, 6.07) is 5.15. The summed E-state index contributed by atoms with van der Waals surface area (Å²) in [5.74, 6) is -1.19. The van der Waals surface area contributed by atoms with Crippen molar-refractivity contribution in [1.82, 2.24) is 5.32 Å². The highest BCUT2D eigenvalue weighted by Crippen LogP contribution is 2.15. The fraction of sp³-hybridized carbons (Fsp3) is 0.273. The summed E-state index contributed by atoms with van der Waals surface area (Å²) < 4.78 is 0.797. The highest BCUT2D eigenvalue weighted by Gasteiger charge is 2.18. The number of aliphatic carboxylic acids is 1. The van der Waals surface area contributed by atoms with Gasteiger partial charge in [-0.15, -0.1) is 0 Å². The molecule has 0 saturated carbocycles. The lowest BCUT2D eigenvalue weighted by Gasteiger charge is -2.14. The first kappa shape index (κ1) is 14.5. The molecule has 7 heteroatoms. The molecule has 0 aliphatic carbocycles. The van der Waals surface area contributed by atoms with Gasteiger partial charge in [-0.2, -0.15) is 0 Å². The molecule has 1 atom stereocenters. The quantitative estimate of drug-likeness (QED) is 0.660. The van der Waals surface area contributed by atoms with Crippen LogP contribution in [-0.2, 0) is 4.79 Å². The maximum atomic E-state index is 11.5. The standard InChI is InChI=1S/C11H13BrN2O4/c12-7-2-1-3-8(6-7)13-11(18)14-9(4-5-15)10(16)17/h1-3,6,9,15H,4-5H2,(H,16,17)(H2,13,14,18)/t9-/m1/s1. The summed E-state index contributed by atoms with van der Waals surface area (Å²) in [4.78, 5) is 22.3. The van der Waals surface area contributed by atoms with Crippen LogP contribution in [0.5, 0.6) is 0 Å². The van der Waals surface area contributed by atoms with Gasteiger partial charge in [0.05, 0.1) is 0 Å². The van der Waals surface area contributed by atoms with Crippen molar-refractivity contribution in [3.63, 3.8) is 0 Å². The van der Waals surface area contributed by atoms with Crippen molar-refractivity contribution >= 4 is 33.6 Å². The van der Waals surface area contributed by atoms with Gasteiger partial charge in [0.25, 0.3) is 0 Å². The number of anilines is 1. The zero-order valence-corrected chi connectivity index (χ0v) is 11.0. The van der Waals surface area contributed by atoms with Crippen molar-refractivity contribution in [1.29, 1.82) is 0 Å². The fourth-order valence-corrected chi connectivity index (χ4v) is 1.68. The largest absolute Gasteiger partial charge is 0.480 e. The van der Waals surface area contributed by atoms with Gasteiger partial charge < -0.3 is 20.8 Å². The summed E-state index contributed by atoms with van der Waals surface area (Å²) in [5, 5.41) is 22.2. The van der Waals surface area contributed by atoms with Crippen molar-refractivity contribution in [2.45, 2.75) is 12.5 Å². The van der Waals surface area contributed by atoms with Crippen molar-refractivity contribution < 1.29 is 19.8 Å². The van der Waals surface area contributed by atoms with Gasteiger partial charge in [-0.1, -0.05) is 22.0 Å². The lowest BCUT2D eigenvalue weighted by Crippen LogP contribution is -2.43. The number of halogens is 1. The smallest absolute Gasteiger partial charge is 0.326 e. The van der Waals surface area contributed by atoms with E-state index in [0.717, 1.165) is 4.47 Å². The molecule has 0 spiro atoms. The van der Waals surface area contributed by atoms with E-state index in [9.17, 15) is 9.59 Å². The number of hydrogen-bond donors (Lipinski definition) is 4. The van der Waals surface area contributed by atoms with E-state index < -0.39 is 18.0 Å². The topological polar surface area (TPSA) is 98.7 Å². The normalized spacial score (nSPS) is 11.7. The molecule has 0 aliphatic rings. The lowest BCUT2D eigenvalue weighted by molar-refractivity contribution is -0.139. The molecule has 0 saturated heterocycles. The van der Waals surface area contributed by atoms with Crippen LogP contribution < -0.4 is 10.6 Å². The highest BCUT2D eigenvalue weighted by atomic mass is 79.9. The third-order valence-corrected chi connectivity index (χ3v) is 2.60. The van der Waals surface area contributed by atoms with Gasteiger partial charge in [-0.25, -0.2) is 9.59 Å². The Bertz CT molecular complexity index is 439. The number of benzene rings is 1. The molecule has 0 heterocycles. The highest BCUT2D eigenvalue weighted by molar-refractivity contribution is 9.10. The molecule has 0 radical (unpaired) electrons. The second kappa shape index (κ2) is 6.97. The molecule has 1 rings (SSSR count). The first-order valence-corrected chi connectivity index (χ1v) is 5.99. The maximum absolute atomic E-state index is 11.5. The molecule has 0 bridgehead atoms. The zero-order chi connectivity index (χ0) is 13.5. The molecule has 0 fully saturated rings. The minimum Gasteiger partial charge on any atom is -0.480 e. The molecule has 0 aromatic heterocycles. The predicted octanol–water partition coefficient (Wildman–Crippen LogP) is 1.41. The third-order valence-electron chi connectivity index (χ3n) is 2.10. The van der Waals surface area contributed by atoms with Crippen LogP contribution in [0.2, 0.25) is 0 Å². The van der Waals surface area contributed by atoms with Crippen LogP contribution >= 0.6 is 15.9 Å². The minimum atomic E-state index is -1.19. The van der Waals surface area contributed by atoms with Gasteiger partial charge in [-0.3, -0.25) is 0 Å². The van der Waals surface area contributed by atoms with E-state index in [4.69, 9.17) is 10.2 Å². The Balaban J connectivity index is 2.57. The second-order valence-corrected chi connectivity index (χ2v) is 4.43. The fourth-order valence-electron chi connectivity index (χ4n) is 1.28. The number of carboxylic acids is 1. The molecule has 98 valence electrons. The van der Waals surface area contributed by atoms with Gasteiger partial charge in [0.2, 0.25) is 0 Å². The van der Waals surface area contributed by atoms with Crippen molar-refractivity contribution in [3.05, 3.63) is 28.7 Å². The van der Waals surface area contributed by atoms with E-state index >= 15 is 0 Å². The molecular weight excluding hydrogens is 304 g/mol. The Labute approximate surface area is 112 Å². The molecule has 1 aromatic carbocycles. The Morgan fingerprint density at radius 3 is 2.67 bits per heavy atom. The van der Waals surface area contributed by atoms with Crippen molar-refractivity contribution in [3.8, 4) is 0 Å². The number of rotatable bonds is 5. The molecule has 18 heavy (non-hydrogen) atoms. The molecule has 1 aromatic rings. The molecule has 0 unspecified atom stereocenters. The van der Waals surface area contributed by atoms with E-state index in [1.54, 1.807) is 24.3 Å². The number of urea groups is 1. The van der Waals surface area contributed by atoms with Crippen LogP contribution in [0.25, 0.3) is 0 Å². The van der Waals surface area contributed by atoms with Gasteiger partial charge in [0.15, 0.2) is 0 Å². The Morgan fingerprint density at radius 2 is 2.11 bits per heavy atom. The molecule has 2 amide bonds. The Kier molecular flexibility index (Phi) is 5.60. The lowest BCUT2D eigenvalue weighted by atomic mass is 10.2. The number of aliphatic hydroxyl groups is 1. The summed E-state index contributed by atoms with van der Waals surface area (Å²) in [7, 11) is 0. The summed E-state index contributed by atoms with van der Waals surface area (Å²) in [6.45, 7) is -0.311. The number of aliphatic hydroxyl groups excluding tert-OH is 1. The zero-order valence-electron chi connectivity index (χ0n) is 9.39. The number of nitrogens with one attached hydrogen (secondary N) is 2. The first-order valence-electron chi connectivity index (χ1n) is 5.19. The molecular formula is C11H13BrN2O4.